The normalized spacial score (nSPS) is 11.7. The molecule has 6 nitrogen and oxygen atoms in total. The van der Waals surface area contributed by atoms with Crippen LogP contribution in [0.3, 0.4) is 0 Å². The zero-order valence-corrected chi connectivity index (χ0v) is 14.2. The van der Waals surface area contributed by atoms with Crippen molar-refractivity contribution in [2.45, 2.75) is 25.0 Å². The zero-order chi connectivity index (χ0) is 16.3. The number of imidazole rings is 1. The van der Waals surface area contributed by atoms with Crippen LogP contribution in [0, 0.1) is 0 Å². The van der Waals surface area contributed by atoms with E-state index in [-0.39, 0.29) is 11.5 Å². The van der Waals surface area contributed by atoms with Crippen LogP contribution in [0.5, 0.6) is 0 Å². The lowest BCUT2D eigenvalue weighted by molar-refractivity contribution is 0.589. The minimum atomic E-state index is -3.33. The van der Waals surface area contributed by atoms with Gasteiger partial charge in [-0.3, -0.25) is 0 Å². The second-order valence-electron chi connectivity index (χ2n) is 5.03. The van der Waals surface area contributed by atoms with Crippen molar-refractivity contribution in [3.05, 3.63) is 53.6 Å². The molecule has 3 rings (SSSR count). The van der Waals surface area contributed by atoms with Gasteiger partial charge in [0.1, 0.15) is 27.3 Å². The lowest BCUT2D eigenvalue weighted by Crippen LogP contribution is -2.12. The summed E-state index contributed by atoms with van der Waals surface area (Å²) in [5.41, 5.74) is 0.940. The summed E-state index contributed by atoms with van der Waals surface area (Å²) in [6.07, 6.45) is 3.40. The quantitative estimate of drug-likeness (QED) is 0.684. The van der Waals surface area contributed by atoms with Crippen molar-refractivity contribution < 1.29 is 8.42 Å². The summed E-state index contributed by atoms with van der Waals surface area (Å²) < 4.78 is 26.6. The van der Waals surface area contributed by atoms with E-state index in [1.165, 1.54) is 11.3 Å². The summed E-state index contributed by atoms with van der Waals surface area (Å²) in [6.45, 7) is 2.65. The molecule has 120 valence electrons. The van der Waals surface area contributed by atoms with E-state index in [1.807, 2.05) is 41.8 Å². The van der Waals surface area contributed by atoms with Crippen molar-refractivity contribution in [1.29, 1.82) is 0 Å². The van der Waals surface area contributed by atoms with Crippen molar-refractivity contribution in [1.82, 2.24) is 19.7 Å². The Labute approximate surface area is 138 Å². The van der Waals surface area contributed by atoms with Gasteiger partial charge in [-0.05, 0) is 6.92 Å². The summed E-state index contributed by atoms with van der Waals surface area (Å²) in [6, 6.07) is 9.61. The Morgan fingerprint density at radius 2 is 1.91 bits per heavy atom. The van der Waals surface area contributed by atoms with Crippen LogP contribution < -0.4 is 0 Å². The van der Waals surface area contributed by atoms with E-state index in [2.05, 4.69) is 15.2 Å². The van der Waals surface area contributed by atoms with Crippen LogP contribution >= 0.6 is 11.3 Å². The van der Waals surface area contributed by atoms with Gasteiger partial charge in [-0.1, -0.05) is 41.7 Å². The summed E-state index contributed by atoms with van der Waals surface area (Å²) in [7, 11) is -3.33. The molecule has 0 aliphatic rings. The standard InChI is InChI=1S/C15H16N4O2S2/c1-2-19-9-8-16-13(19)10-23(20,21)11-14-17-18-15(22-14)12-6-4-3-5-7-12/h3-9H,2,10-11H2,1H3. The van der Waals surface area contributed by atoms with E-state index in [0.717, 1.165) is 10.6 Å². The average molecular weight is 348 g/mol. The Bertz CT molecular complexity index is 885. The molecule has 2 aromatic heterocycles. The van der Waals surface area contributed by atoms with Gasteiger partial charge in [-0.2, -0.15) is 0 Å². The van der Waals surface area contributed by atoms with Crippen LogP contribution in [-0.4, -0.2) is 28.2 Å². The molecule has 0 N–H and O–H groups in total. The molecule has 1 aromatic carbocycles. The molecule has 0 amide bonds. The first-order valence-electron chi connectivity index (χ1n) is 7.15. The number of sulfone groups is 1. The second-order valence-corrected chi connectivity index (χ2v) is 8.16. The zero-order valence-electron chi connectivity index (χ0n) is 12.6. The highest BCUT2D eigenvalue weighted by Gasteiger charge is 2.19. The predicted molar refractivity (Wildman–Crippen MR) is 89.6 cm³/mol. The van der Waals surface area contributed by atoms with Crippen LogP contribution in [0.1, 0.15) is 17.8 Å². The molecule has 0 unspecified atom stereocenters. The Balaban J connectivity index is 1.75. The van der Waals surface area contributed by atoms with Crippen molar-refractivity contribution in [2.75, 3.05) is 0 Å². The molecular formula is C15H16N4O2S2. The van der Waals surface area contributed by atoms with E-state index >= 15 is 0 Å². The summed E-state index contributed by atoms with van der Waals surface area (Å²) >= 11 is 1.31. The average Bonchev–Trinajstić information content (AvgIpc) is 3.16. The third-order valence-electron chi connectivity index (χ3n) is 3.32. The maximum Gasteiger partial charge on any atom is 0.164 e. The first-order chi connectivity index (χ1) is 11.1. The van der Waals surface area contributed by atoms with Crippen LogP contribution in [0.4, 0.5) is 0 Å². The van der Waals surface area contributed by atoms with Gasteiger partial charge >= 0.3 is 0 Å². The largest absolute Gasteiger partial charge is 0.334 e. The van der Waals surface area contributed by atoms with Gasteiger partial charge in [0.15, 0.2) is 9.84 Å². The molecule has 8 heteroatoms. The van der Waals surface area contributed by atoms with Gasteiger partial charge in [-0.15, -0.1) is 10.2 Å². The number of benzene rings is 1. The molecule has 0 aliphatic heterocycles. The highest BCUT2D eigenvalue weighted by Crippen LogP contribution is 2.24. The smallest absolute Gasteiger partial charge is 0.164 e. The fourth-order valence-electron chi connectivity index (χ4n) is 2.21. The Kier molecular flexibility index (Phi) is 4.53. The lowest BCUT2D eigenvalue weighted by atomic mass is 10.2. The first kappa shape index (κ1) is 15.8. The maximum absolute atomic E-state index is 12.4. The minimum absolute atomic E-state index is 0.0892. The van der Waals surface area contributed by atoms with Gasteiger partial charge in [0.2, 0.25) is 0 Å². The van der Waals surface area contributed by atoms with E-state index in [9.17, 15) is 8.42 Å². The molecule has 0 atom stereocenters. The summed E-state index contributed by atoms with van der Waals surface area (Å²) in [4.78, 5) is 4.12. The van der Waals surface area contributed by atoms with Crippen molar-refractivity contribution >= 4 is 21.2 Å². The topological polar surface area (TPSA) is 77.7 Å². The van der Waals surface area contributed by atoms with Crippen molar-refractivity contribution in [3.8, 4) is 10.6 Å². The minimum Gasteiger partial charge on any atom is -0.334 e. The molecular weight excluding hydrogens is 332 g/mol. The van der Waals surface area contributed by atoms with Gasteiger partial charge < -0.3 is 4.57 Å². The van der Waals surface area contributed by atoms with Gasteiger partial charge in [-0.25, -0.2) is 13.4 Å². The van der Waals surface area contributed by atoms with E-state index in [0.29, 0.717) is 17.4 Å². The van der Waals surface area contributed by atoms with Crippen molar-refractivity contribution in [2.24, 2.45) is 0 Å². The molecule has 0 aliphatic carbocycles. The van der Waals surface area contributed by atoms with Crippen LogP contribution in [0.2, 0.25) is 0 Å². The Morgan fingerprint density at radius 1 is 1.13 bits per heavy atom. The summed E-state index contributed by atoms with van der Waals surface area (Å²) in [5.74, 6) is 0.350. The van der Waals surface area contributed by atoms with E-state index in [1.54, 1.807) is 12.4 Å². The molecule has 3 aromatic rings. The SMILES string of the molecule is CCn1ccnc1CS(=O)(=O)Cc1nnc(-c2ccccc2)s1. The third-order valence-corrected chi connectivity index (χ3v) is 5.89. The van der Waals surface area contributed by atoms with Crippen LogP contribution in [0.25, 0.3) is 10.6 Å². The fraction of sp³-hybridized carbons (Fsp3) is 0.267. The Hall–Kier alpha value is -2.06. The molecule has 0 bridgehead atoms. The number of hydrogen-bond acceptors (Lipinski definition) is 6. The maximum atomic E-state index is 12.4. The van der Waals surface area contributed by atoms with Gasteiger partial charge in [0.25, 0.3) is 0 Å². The number of aromatic nitrogens is 4. The van der Waals surface area contributed by atoms with E-state index < -0.39 is 9.84 Å². The first-order valence-corrected chi connectivity index (χ1v) is 9.79. The lowest BCUT2D eigenvalue weighted by Gasteiger charge is -2.04. The number of rotatable bonds is 6. The Morgan fingerprint density at radius 3 is 2.65 bits per heavy atom. The highest BCUT2D eigenvalue weighted by atomic mass is 32.2. The number of aryl methyl sites for hydroxylation is 1. The van der Waals surface area contributed by atoms with Gasteiger partial charge in [0, 0.05) is 24.5 Å². The summed E-state index contributed by atoms with van der Waals surface area (Å²) in [5, 5.41) is 9.32. The van der Waals surface area contributed by atoms with Crippen LogP contribution in [0.15, 0.2) is 42.7 Å². The van der Waals surface area contributed by atoms with Gasteiger partial charge in [0.05, 0.1) is 0 Å². The monoisotopic (exact) mass is 348 g/mol. The van der Waals surface area contributed by atoms with Crippen molar-refractivity contribution in [3.63, 3.8) is 0 Å². The van der Waals surface area contributed by atoms with Crippen LogP contribution in [-0.2, 0) is 27.9 Å². The predicted octanol–water partition coefficient (Wildman–Crippen LogP) is 2.54. The molecule has 0 radical (unpaired) electrons. The third kappa shape index (κ3) is 3.83. The number of hydrogen-bond donors (Lipinski definition) is 0. The fourth-order valence-corrected chi connectivity index (χ4v) is 4.80. The highest BCUT2D eigenvalue weighted by molar-refractivity contribution is 7.89. The molecule has 0 spiro atoms. The molecule has 0 saturated carbocycles. The molecule has 0 fully saturated rings. The molecule has 0 saturated heterocycles. The number of nitrogens with zero attached hydrogens (tertiary/aromatic N) is 4. The molecule has 2 heterocycles. The van der Waals surface area contributed by atoms with E-state index in [4.69, 9.17) is 0 Å². The second kappa shape index (κ2) is 6.59. The molecule has 23 heavy (non-hydrogen) atoms.